The molecule has 1 aliphatic heterocycles. The Morgan fingerprint density at radius 3 is 2.93 bits per heavy atom. The lowest BCUT2D eigenvalue weighted by Gasteiger charge is -2.20. The van der Waals surface area contributed by atoms with Crippen LogP contribution in [0.1, 0.15) is 56.4 Å². The summed E-state index contributed by atoms with van der Waals surface area (Å²) in [5.74, 6) is 0.384. The lowest BCUT2D eigenvalue weighted by molar-refractivity contribution is -0.130. The Balaban J connectivity index is 1.25. The summed E-state index contributed by atoms with van der Waals surface area (Å²) >= 11 is 1.74. The van der Waals surface area contributed by atoms with Gasteiger partial charge in [0.25, 0.3) is 0 Å². The van der Waals surface area contributed by atoms with E-state index in [9.17, 15) is 9.59 Å². The number of hydrogen-bond donors (Lipinski definition) is 1. The highest BCUT2D eigenvalue weighted by molar-refractivity contribution is 7.18. The van der Waals surface area contributed by atoms with Crippen molar-refractivity contribution in [2.75, 3.05) is 19.6 Å². The van der Waals surface area contributed by atoms with Crippen molar-refractivity contribution in [3.05, 3.63) is 29.3 Å². The number of fused-ring (bicyclic) bond motifs is 1. The Morgan fingerprint density at radius 2 is 2.04 bits per heavy atom. The third-order valence-corrected chi connectivity index (χ3v) is 6.08. The van der Waals surface area contributed by atoms with Gasteiger partial charge in [-0.2, -0.15) is 0 Å². The molecular formula is C21H29N3O2S. The number of likely N-dealkylation sites (tertiary alicyclic amines) is 1. The van der Waals surface area contributed by atoms with E-state index in [1.807, 2.05) is 23.1 Å². The lowest BCUT2D eigenvalue weighted by Crippen LogP contribution is -2.33. The third kappa shape index (κ3) is 6.31. The maximum absolute atomic E-state index is 12.0. The number of amides is 2. The molecule has 3 rings (SSSR count). The summed E-state index contributed by atoms with van der Waals surface area (Å²) in [5.41, 5.74) is 1.07. The molecule has 6 heteroatoms. The molecule has 5 nitrogen and oxygen atoms in total. The average molecular weight is 388 g/mol. The van der Waals surface area contributed by atoms with Crippen molar-refractivity contribution in [1.82, 2.24) is 15.2 Å². The highest BCUT2D eigenvalue weighted by Gasteiger charge is 2.15. The first-order valence-electron chi connectivity index (χ1n) is 10.1. The molecule has 2 heterocycles. The highest BCUT2D eigenvalue weighted by Crippen LogP contribution is 2.22. The molecule has 0 saturated carbocycles. The molecule has 0 spiro atoms. The van der Waals surface area contributed by atoms with Gasteiger partial charge in [0.15, 0.2) is 0 Å². The number of benzene rings is 1. The molecule has 0 atom stereocenters. The van der Waals surface area contributed by atoms with Crippen LogP contribution in [0.3, 0.4) is 0 Å². The molecule has 0 unspecified atom stereocenters. The predicted octanol–water partition coefficient (Wildman–Crippen LogP) is 3.92. The Kier molecular flexibility index (Phi) is 7.63. The topological polar surface area (TPSA) is 62.3 Å². The van der Waals surface area contributed by atoms with Crippen LogP contribution in [0.2, 0.25) is 0 Å². The number of nitrogens with one attached hydrogen (secondary N) is 1. The molecule has 2 aromatic rings. The number of para-hydroxylation sites is 1. The van der Waals surface area contributed by atoms with E-state index in [1.54, 1.807) is 11.3 Å². The number of thiazole rings is 1. The number of unbranched alkanes of at least 4 members (excludes halogenated alkanes) is 1. The number of aryl methyl sites for hydroxylation is 1. The average Bonchev–Trinajstić information content (AvgIpc) is 2.98. The molecule has 1 fully saturated rings. The zero-order chi connectivity index (χ0) is 18.9. The van der Waals surface area contributed by atoms with Crippen LogP contribution < -0.4 is 5.32 Å². The molecule has 0 radical (unpaired) electrons. The normalized spacial score (nSPS) is 15.1. The van der Waals surface area contributed by atoms with E-state index in [0.717, 1.165) is 68.6 Å². The molecule has 1 aliphatic rings. The molecule has 1 aromatic heterocycles. The fourth-order valence-corrected chi connectivity index (χ4v) is 4.46. The second kappa shape index (κ2) is 10.4. The minimum atomic E-state index is 0.112. The van der Waals surface area contributed by atoms with Gasteiger partial charge in [0, 0.05) is 32.5 Å². The van der Waals surface area contributed by atoms with Crippen molar-refractivity contribution < 1.29 is 9.59 Å². The van der Waals surface area contributed by atoms with Gasteiger partial charge in [0.05, 0.1) is 15.2 Å². The second-order valence-electron chi connectivity index (χ2n) is 7.18. The van der Waals surface area contributed by atoms with Crippen LogP contribution in [0.25, 0.3) is 10.2 Å². The van der Waals surface area contributed by atoms with E-state index in [2.05, 4.69) is 16.4 Å². The molecular weight excluding hydrogens is 358 g/mol. The number of aromatic nitrogens is 1. The summed E-state index contributed by atoms with van der Waals surface area (Å²) in [6.45, 7) is 2.29. The summed E-state index contributed by atoms with van der Waals surface area (Å²) in [4.78, 5) is 30.5. The van der Waals surface area contributed by atoms with Crippen LogP contribution in [0.4, 0.5) is 0 Å². The van der Waals surface area contributed by atoms with Crippen molar-refractivity contribution in [3.63, 3.8) is 0 Å². The van der Waals surface area contributed by atoms with Crippen molar-refractivity contribution >= 4 is 33.4 Å². The van der Waals surface area contributed by atoms with Crippen molar-refractivity contribution in [2.45, 2.75) is 57.8 Å². The van der Waals surface area contributed by atoms with Gasteiger partial charge in [-0.15, -0.1) is 11.3 Å². The van der Waals surface area contributed by atoms with Crippen molar-refractivity contribution in [3.8, 4) is 0 Å². The summed E-state index contributed by atoms with van der Waals surface area (Å²) in [6, 6.07) is 8.20. The first-order chi connectivity index (χ1) is 13.2. The van der Waals surface area contributed by atoms with Gasteiger partial charge in [0.2, 0.25) is 11.8 Å². The molecule has 1 saturated heterocycles. The third-order valence-electron chi connectivity index (χ3n) is 4.98. The maximum atomic E-state index is 12.0. The number of carbonyl (C=O) groups is 2. The van der Waals surface area contributed by atoms with Gasteiger partial charge in [-0.05, 0) is 50.7 Å². The number of carbonyl (C=O) groups excluding carboxylic acids is 2. The van der Waals surface area contributed by atoms with Crippen LogP contribution in [-0.2, 0) is 16.0 Å². The van der Waals surface area contributed by atoms with E-state index in [4.69, 9.17) is 0 Å². The van der Waals surface area contributed by atoms with Crippen LogP contribution in [0.5, 0.6) is 0 Å². The standard InChI is InChI=1S/C21H29N3O2S/c25-19(22-14-8-16-24-15-7-1-2-13-21(24)26)11-5-6-12-20-23-17-9-3-4-10-18(17)27-20/h3-4,9-10H,1-2,5-8,11-16H2,(H,22,25). The van der Waals surface area contributed by atoms with Crippen LogP contribution >= 0.6 is 11.3 Å². The Morgan fingerprint density at radius 1 is 1.15 bits per heavy atom. The van der Waals surface area contributed by atoms with Crippen LogP contribution in [0, 0.1) is 0 Å². The van der Waals surface area contributed by atoms with Crippen LogP contribution in [-0.4, -0.2) is 41.3 Å². The lowest BCUT2D eigenvalue weighted by atomic mass is 10.2. The molecule has 27 heavy (non-hydrogen) atoms. The quantitative estimate of drug-likeness (QED) is 0.664. The summed E-state index contributed by atoms with van der Waals surface area (Å²) in [7, 11) is 0. The molecule has 2 amide bonds. The minimum absolute atomic E-state index is 0.112. The first-order valence-corrected chi connectivity index (χ1v) is 10.9. The van der Waals surface area contributed by atoms with Gasteiger partial charge in [-0.3, -0.25) is 9.59 Å². The zero-order valence-electron chi connectivity index (χ0n) is 15.9. The van der Waals surface area contributed by atoms with Crippen LogP contribution in [0.15, 0.2) is 24.3 Å². The number of hydrogen-bond acceptors (Lipinski definition) is 4. The molecule has 0 aliphatic carbocycles. The second-order valence-corrected chi connectivity index (χ2v) is 8.29. The van der Waals surface area contributed by atoms with Crippen molar-refractivity contribution in [1.29, 1.82) is 0 Å². The molecule has 0 bridgehead atoms. The van der Waals surface area contributed by atoms with Gasteiger partial charge in [0.1, 0.15) is 0 Å². The Bertz CT molecular complexity index is 726. The van der Waals surface area contributed by atoms with Crippen molar-refractivity contribution in [2.24, 2.45) is 0 Å². The van der Waals surface area contributed by atoms with Gasteiger partial charge >= 0.3 is 0 Å². The largest absolute Gasteiger partial charge is 0.356 e. The Hall–Kier alpha value is -1.95. The van der Waals surface area contributed by atoms with Gasteiger partial charge in [-0.1, -0.05) is 18.6 Å². The Labute approximate surface area is 165 Å². The van der Waals surface area contributed by atoms with E-state index < -0.39 is 0 Å². The van der Waals surface area contributed by atoms with Gasteiger partial charge in [-0.25, -0.2) is 4.98 Å². The van der Waals surface area contributed by atoms with E-state index in [-0.39, 0.29) is 11.8 Å². The summed E-state index contributed by atoms with van der Waals surface area (Å²) in [5, 5.41) is 4.13. The minimum Gasteiger partial charge on any atom is -0.356 e. The zero-order valence-corrected chi connectivity index (χ0v) is 16.7. The molecule has 146 valence electrons. The van der Waals surface area contributed by atoms with Gasteiger partial charge < -0.3 is 10.2 Å². The highest BCUT2D eigenvalue weighted by atomic mass is 32.1. The van der Waals surface area contributed by atoms with E-state index >= 15 is 0 Å². The smallest absolute Gasteiger partial charge is 0.222 e. The maximum Gasteiger partial charge on any atom is 0.222 e. The number of nitrogens with zero attached hydrogens (tertiary/aromatic N) is 2. The van der Waals surface area contributed by atoms with E-state index in [0.29, 0.717) is 19.4 Å². The first kappa shape index (κ1) is 19.8. The fourth-order valence-electron chi connectivity index (χ4n) is 3.45. The van der Waals surface area contributed by atoms with E-state index in [1.165, 1.54) is 4.70 Å². The monoisotopic (exact) mass is 387 g/mol. The summed E-state index contributed by atoms with van der Waals surface area (Å²) < 4.78 is 1.23. The summed E-state index contributed by atoms with van der Waals surface area (Å²) in [6.07, 6.45) is 8.15. The molecule has 1 N–H and O–H groups in total. The SMILES string of the molecule is O=C(CCCCc1nc2ccccc2s1)NCCCN1CCCCCC1=O. The predicted molar refractivity (Wildman–Crippen MR) is 110 cm³/mol. The fraction of sp³-hybridized carbons (Fsp3) is 0.571. The molecule has 1 aromatic carbocycles. The number of rotatable bonds is 9.